The van der Waals surface area contributed by atoms with Gasteiger partial charge in [-0.25, -0.2) is 22.0 Å². The standard InChI is InChI=1S/C33H32F8O/c1-2-19-6-11-23(29(35)28(19)34)5-3-18-4-16-25-26(17-18)31(37)32(38)27(30(25)36)22-9-7-20(8-10-22)21-12-14-24(15-13-21)42-33(39,40)41/h6,11-15,18,20,22H,2-5,7-10,16-17H2,1H3. The number of benzene rings is 3. The third-order valence-electron chi connectivity index (χ3n) is 9.02. The smallest absolute Gasteiger partial charge is 0.406 e. The van der Waals surface area contributed by atoms with Crippen LogP contribution in [0.25, 0.3) is 0 Å². The van der Waals surface area contributed by atoms with Gasteiger partial charge >= 0.3 is 6.36 Å². The van der Waals surface area contributed by atoms with E-state index in [1.165, 1.54) is 12.1 Å². The minimum absolute atomic E-state index is 0.00651. The van der Waals surface area contributed by atoms with Gasteiger partial charge in [0.2, 0.25) is 0 Å². The summed E-state index contributed by atoms with van der Waals surface area (Å²) >= 11 is 0. The van der Waals surface area contributed by atoms with E-state index in [1.807, 2.05) is 0 Å². The van der Waals surface area contributed by atoms with Crippen LogP contribution in [0.5, 0.6) is 5.75 Å². The Bertz CT molecular complexity index is 1420. The highest BCUT2D eigenvalue weighted by molar-refractivity contribution is 5.41. The van der Waals surface area contributed by atoms with Crippen LogP contribution in [-0.2, 0) is 25.7 Å². The molecule has 2 aliphatic rings. The molecule has 0 bridgehead atoms. The van der Waals surface area contributed by atoms with Crippen molar-refractivity contribution in [1.29, 1.82) is 0 Å². The van der Waals surface area contributed by atoms with E-state index in [0.717, 1.165) is 5.56 Å². The second-order valence-corrected chi connectivity index (χ2v) is 11.5. The Kier molecular flexibility index (Phi) is 8.86. The Balaban J connectivity index is 1.25. The molecule has 0 N–H and O–H groups in total. The summed E-state index contributed by atoms with van der Waals surface area (Å²) in [5.41, 5.74) is 1.37. The lowest BCUT2D eigenvalue weighted by Gasteiger charge is -2.32. The van der Waals surface area contributed by atoms with Gasteiger partial charge in [0.1, 0.15) is 11.6 Å². The summed E-state index contributed by atoms with van der Waals surface area (Å²) in [7, 11) is 0. The van der Waals surface area contributed by atoms with Gasteiger partial charge in [0.15, 0.2) is 23.3 Å². The third kappa shape index (κ3) is 6.30. The predicted octanol–water partition coefficient (Wildman–Crippen LogP) is 10.0. The van der Waals surface area contributed by atoms with Crippen LogP contribution in [0.15, 0.2) is 36.4 Å². The van der Waals surface area contributed by atoms with Gasteiger partial charge in [0, 0.05) is 5.56 Å². The number of aryl methyl sites for hydroxylation is 2. The highest BCUT2D eigenvalue weighted by Crippen LogP contribution is 2.45. The van der Waals surface area contributed by atoms with Gasteiger partial charge in [-0.2, -0.15) is 0 Å². The molecule has 1 atom stereocenters. The van der Waals surface area contributed by atoms with Gasteiger partial charge < -0.3 is 4.74 Å². The van der Waals surface area contributed by atoms with Crippen molar-refractivity contribution in [3.8, 4) is 5.75 Å². The van der Waals surface area contributed by atoms with Crippen molar-refractivity contribution >= 4 is 0 Å². The SMILES string of the molecule is CCc1ccc(CCC2CCc3c(F)c(C4CCC(c5ccc(OC(F)(F)F)cc5)CC4)c(F)c(F)c3C2)c(F)c1F. The maximum absolute atomic E-state index is 15.7. The maximum atomic E-state index is 15.7. The fraction of sp³-hybridized carbons (Fsp3) is 0.455. The molecule has 0 amide bonds. The molecule has 1 unspecified atom stereocenters. The van der Waals surface area contributed by atoms with Gasteiger partial charge in [-0.1, -0.05) is 31.2 Å². The van der Waals surface area contributed by atoms with Crippen molar-refractivity contribution in [1.82, 2.24) is 0 Å². The molecule has 3 aromatic rings. The molecule has 5 rings (SSSR count). The van der Waals surface area contributed by atoms with Crippen molar-refractivity contribution in [2.24, 2.45) is 5.92 Å². The van der Waals surface area contributed by atoms with E-state index >= 15 is 13.2 Å². The molecule has 0 saturated heterocycles. The van der Waals surface area contributed by atoms with Gasteiger partial charge in [0.25, 0.3) is 0 Å². The quantitative estimate of drug-likeness (QED) is 0.195. The molecule has 1 nitrogen and oxygen atoms in total. The average molecular weight is 597 g/mol. The second kappa shape index (κ2) is 12.3. The Morgan fingerprint density at radius 2 is 1.31 bits per heavy atom. The zero-order chi connectivity index (χ0) is 30.2. The Morgan fingerprint density at radius 3 is 1.95 bits per heavy atom. The number of alkyl halides is 3. The molecule has 0 spiro atoms. The number of hydrogen-bond donors (Lipinski definition) is 0. The zero-order valence-corrected chi connectivity index (χ0v) is 23.2. The molecule has 9 heteroatoms. The van der Waals surface area contributed by atoms with E-state index in [9.17, 15) is 22.0 Å². The highest BCUT2D eigenvalue weighted by Gasteiger charge is 2.35. The van der Waals surface area contributed by atoms with Crippen LogP contribution in [0.4, 0.5) is 35.1 Å². The van der Waals surface area contributed by atoms with E-state index in [4.69, 9.17) is 0 Å². The summed E-state index contributed by atoms with van der Waals surface area (Å²) in [6.45, 7) is 1.74. The molecule has 1 fully saturated rings. The predicted molar refractivity (Wildman–Crippen MR) is 143 cm³/mol. The molecule has 0 radical (unpaired) electrons. The van der Waals surface area contributed by atoms with Gasteiger partial charge in [0.05, 0.1) is 0 Å². The summed E-state index contributed by atoms with van der Waals surface area (Å²) < 4.78 is 116. The lowest BCUT2D eigenvalue weighted by molar-refractivity contribution is -0.274. The summed E-state index contributed by atoms with van der Waals surface area (Å²) in [6.07, 6.45) is -0.862. The Morgan fingerprint density at radius 1 is 0.690 bits per heavy atom. The average Bonchev–Trinajstić information content (AvgIpc) is 2.97. The molecule has 2 aliphatic carbocycles. The van der Waals surface area contributed by atoms with Crippen LogP contribution < -0.4 is 4.74 Å². The van der Waals surface area contributed by atoms with Crippen molar-refractivity contribution in [2.45, 2.75) is 89.3 Å². The molecule has 0 aliphatic heterocycles. The zero-order valence-electron chi connectivity index (χ0n) is 23.2. The minimum atomic E-state index is -4.78. The molecular weight excluding hydrogens is 564 g/mol. The fourth-order valence-corrected chi connectivity index (χ4v) is 6.70. The largest absolute Gasteiger partial charge is 0.573 e. The van der Waals surface area contributed by atoms with Crippen molar-refractivity contribution in [2.75, 3.05) is 0 Å². The van der Waals surface area contributed by atoms with Crippen LogP contribution >= 0.6 is 0 Å². The van der Waals surface area contributed by atoms with Crippen LogP contribution in [0.1, 0.15) is 90.7 Å². The van der Waals surface area contributed by atoms with Crippen molar-refractivity contribution in [3.05, 3.63) is 98.9 Å². The Hall–Kier alpha value is -3.10. The molecule has 1 saturated carbocycles. The van der Waals surface area contributed by atoms with Gasteiger partial charge in [-0.3, -0.25) is 0 Å². The van der Waals surface area contributed by atoms with E-state index in [-0.39, 0.29) is 59.1 Å². The fourth-order valence-electron chi connectivity index (χ4n) is 6.70. The summed E-state index contributed by atoms with van der Waals surface area (Å²) in [4.78, 5) is 0. The molecule has 3 aromatic carbocycles. The Labute approximate surface area is 239 Å². The first-order valence-corrected chi connectivity index (χ1v) is 14.5. The lowest BCUT2D eigenvalue weighted by Crippen LogP contribution is -2.23. The topological polar surface area (TPSA) is 9.23 Å². The molecular formula is C33H32F8O. The number of hydrogen-bond acceptors (Lipinski definition) is 1. The normalized spacial score (nSPS) is 20.8. The number of rotatable bonds is 7. The van der Waals surface area contributed by atoms with Crippen molar-refractivity contribution in [3.63, 3.8) is 0 Å². The third-order valence-corrected chi connectivity index (χ3v) is 9.02. The number of halogens is 8. The summed E-state index contributed by atoms with van der Waals surface area (Å²) in [5, 5.41) is 0. The van der Waals surface area contributed by atoms with Crippen LogP contribution in [0, 0.1) is 35.0 Å². The first-order chi connectivity index (χ1) is 20.0. The summed E-state index contributed by atoms with van der Waals surface area (Å²) in [5.74, 6) is -5.54. The van der Waals surface area contributed by atoms with Gasteiger partial charge in [-0.05, 0) is 122 Å². The first-order valence-electron chi connectivity index (χ1n) is 14.5. The van der Waals surface area contributed by atoms with Gasteiger partial charge in [-0.15, -0.1) is 13.2 Å². The number of ether oxygens (including phenoxy) is 1. The highest BCUT2D eigenvalue weighted by atomic mass is 19.4. The minimum Gasteiger partial charge on any atom is -0.406 e. The maximum Gasteiger partial charge on any atom is 0.573 e. The molecule has 42 heavy (non-hydrogen) atoms. The van der Waals surface area contributed by atoms with E-state index < -0.39 is 41.4 Å². The molecule has 0 heterocycles. The molecule has 0 aromatic heterocycles. The van der Waals surface area contributed by atoms with E-state index in [0.29, 0.717) is 50.5 Å². The lowest BCUT2D eigenvalue weighted by atomic mass is 9.73. The van der Waals surface area contributed by atoms with E-state index in [2.05, 4.69) is 4.74 Å². The van der Waals surface area contributed by atoms with Crippen LogP contribution in [0.3, 0.4) is 0 Å². The van der Waals surface area contributed by atoms with Crippen LogP contribution in [0.2, 0.25) is 0 Å². The second-order valence-electron chi connectivity index (χ2n) is 11.5. The summed E-state index contributed by atoms with van der Waals surface area (Å²) in [6, 6.07) is 8.74. The first kappa shape index (κ1) is 30.4. The number of fused-ring (bicyclic) bond motifs is 1. The van der Waals surface area contributed by atoms with Crippen LogP contribution in [-0.4, -0.2) is 6.36 Å². The van der Waals surface area contributed by atoms with E-state index in [1.54, 1.807) is 31.2 Å². The van der Waals surface area contributed by atoms with Crippen molar-refractivity contribution < 1.29 is 39.9 Å². The monoisotopic (exact) mass is 596 g/mol. The molecule has 226 valence electrons.